The van der Waals surface area contributed by atoms with E-state index in [1.54, 1.807) is 126 Å². The lowest BCUT2D eigenvalue weighted by atomic mass is 9.74. The first-order chi connectivity index (χ1) is 16.5. The number of ether oxygens (including phenoxy) is 3. The van der Waals surface area contributed by atoms with Crippen molar-refractivity contribution in [1.29, 1.82) is 0 Å². The Morgan fingerprint density at radius 3 is 1.00 bits per heavy atom. The van der Waals surface area contributed by atoms with E-state index in [1.807, 2.05) is 0 Å². The van der Waals surface area contributed by atoms with Crippen molar-refractivity contribution in [3.05, 3.63) is 108 Å². The van der Waals surface area contributed by atoms with Crippen LogP contribution in [-0.4, -0.2) is 34.7 Å². The van der Waals surface area contributed by atoms with E-state index in [-0.39, 0.29) is 0 Å². The molecule has 0 unspecified atom stereocenters. The summed E-state index contributed by atoms with van der Waals surface area (Å²) in [4.78, 5) is 39.1. The zero-order valence-electron chi connectivity index (χ0n) is 20.6. The molecule has 0 saturated heterocycles. The Labute approximate surface area is 205 Å². The summed E-state index contributed by atoms with van der Waals surface area (Å²) < 4.78 is 17.8. The molecule has 0 heterocycles. The number of carbonyl (C=O) groups is 3. The molecule has 0 spiro atoms. The lowest BCUT2D eigenvalue weighted by Gasteiger charge is -2.50. The van der Waals surface area contributed by atoms with Crippen molar-refractivity contribution in [2.75, 3.05) is 0 Å². The molecule has 0 atom stereocenters. The average Bonchev–Trinajstić information content (AvgIpc) is 2.84. The Kier molecular flexibility index (Phi) is 7.44. The maximum atomic E-state index is 13.2. The summed E-state index contributed by atoms with van der Waals surface area (Å²) in [7, 11) is 0. The van der Waals surface area contributed by atoms with Crippen molar-refractivity contribution >= 4 is 17.9 Å². The third kappa shape index (κ3) is 5.60. The van der Waals surface area contributed by atoms with Gasteiger partial charge in [0.25, 0.3) is 0 Å². The van der Waals surface area contributed by atoms with Crippen LogP contribution in [0.5, 0.6) is 0 Å². The largest absolute Gasteiger partial charge is 0.452 e. The van der Waals surface area contributed by atoms with Gasteiger partial charge in [-0.3, -0.25) is 0 Å². The van der Waals surface area contributed by atoms with Crippen LogP contribution in [0.2, 0.25) is 0 Å². The molecule has 6 heteroatoms. The summed E-state index contributed by atoms with van der Waals surface area (Å²) in [5, 5.41) is 0. The summed E-state index contributed by atoms with van der Waals surface area (Å²) in [5.74, 6) is -1.83. The number of esters is 3. The third-order valence-electron chi connectivity index (χ3n) is 6.32. The molecule has 35 heavy (non-hydrogen) atoms. The standard InChI is InChI=1S/C29H30O6/c1-27(2,33-24(30)21-15-9-6-10-16-21)29(5,35-26(32)23-19-13-8-14-20-23)28(3,4)34-25(31)22-17-11-7-12-18-22/h6-20H,1-5H3. The van der Waals surface area contributed by atoms with E-state index in [9.17, 15) is 14.4 Å². The number of benzene rings is 3. The van der Waals surface area contributed by atoms with E-state index in [2.05, 4.69) is 0 Å². The van der Waals surface area contributed by atoms with Gasteiger partial charge in [0.15, 0.2) is 16.8 Å². The van der Waals surface area contributed by atoms with Gasteiger partial charge in [-0.2, -0.15) is 0 Å². The molecule has 0 aliphatic heterocycles. The Morgan fingerprint density at radius 1 is 0.457 bits per heavy atom. The van der Waals surface area contributed by atoms with Gasteiger partial charge in [0.1, 0.15) is 0 Å². The normalized spacial score (nSPS) is 11.9. The summed E-state index contributed by atoms with van der Waals surface area (Å²) >= 11 is 0. The first-order valence-corrected chi connectivity index (χ1v) is 11.3. The SMILES string of the molecule is CC(C)(OC(=O)c1ccccc1)C(C)(OC(=O)c1ccccc1)C(C)(C)OC(=O)c1ccccc1. The van der Waals surface area contributed by atoms with E-state index in [0.29, 0.717) is 16.7 Å². The predicted molar refractivity (Wildman–Crippen MR) is 132 cm³/mol. The molecule has 6 nitrogen and oxygen atoms in total. The first-order valence-electron chi connectivity index (χ1n) is 11.3. The second-order valence-corrected chi connectivity index (χ2v) is 9.32. The zero-order chi connectivity index (χ0) is 25.7. The number of hydrogen-bond acceptors (Lipinski definition) is 6. The molecule has 3 rings (SSSR count). The van der Waals surface area contributed by atoms with Gasteiger partial charge >= 0.3 is 17.9 Å². The van der Waals surface area contributed by atoms with Crippen LogP contribution in [0, 0.1) is 0 Å². The fourth-order valence-electron chi connectivity index (χ4n) is 3.71. The average molecular weight is 475 g/mol. The van der Waals surface area contributed by atoms with E-state index < -0.39 is 34.7 Å². The first kappa shape index (κ1) is 25.7. The van der Waals surface area contributed by atoms with Crippen molar-refractivity contribution in [3.8, 4) is 0 Å². The zero-order valence-corrected chi connectivity index (χ0v) is 20.6. The molecule has 0 bridgehead atoms. The number of carbonyl (C=O) groups excluding carboxylic acids is 3. The fourth-order valence-corrected chi connectivity index (χ4v) is 3.71. The molecule has 0 N–H and O–H groups in total. The predicted octanol–water partition coefficient (Wildman–Crippen LogP) is 5.87. The maximum absolute atomic E-state index is 13.2. The van der Waals surface area contributed by atoms with Crippen LogP contribution in [0.25, 0.3) is 0 Å². The molecule has 0 amide bonds. The fraction of sp³-hybridized carbons (Fsp3) is 0.276. The van der Waals surface area contributed by atoms with Crippen LogP contribution in [-0.2, 0) is 14.2 Å². The molecule has 0 fully saturated rings. The summed E-state index contributed by atoms with van der Waals surface area (Å²) in [6.07, 6.45) is 0. The van der Waals surface area contributed by atoms with Gasteiger partial charge in [-0.25, -0.2) is 14.4 Å². The second kappa shape index (κ2) is 10.1. The van der Waals surface area contributed by atoms with Crippen LogP contribution < -0.4 is 0 Å². The summed E-state index contributed by atoms with van der Waals surface area (Å²) in [6.45, 7) is 8.12. The number of hydrogen-bond donors (Lipinski definition) is 0. The summed E-state index contributed by atoms with van der Waals surface area (Å²) in [5.41, 5.74) is -3.42. The van der Waals surface area contributed by atoms with Gasteiger partial charge < -0.3 is 14.2 Å². The number of rotatable bonds is 8. The molecule has 0 aliphatic rings. The van der Waals surface area contributed by atoms with Gasteiger partial charge in [0.05, 0.1) is 16.7 Å². The molecule has 0 aromatic heterocycles. The Balaban J connectivity index is 1.98. The highest BCUT2D eigenvalue weighted by Crippen LogP contribution is 2.42. The van der Waals surface area contributed by atoms with Crippen molar-refractivity contribution in [1.82, 2.24) is 0 Å². The maximum Gasteiger partial charge on any atom is 0.338 e. The van der Waals surface area contributed by atoms with Crippen LogP contribution in [0.4, 0.5) is 0 Å². The highest BCUT2D eigenvalue weighted by Gasteiger charge is 2.60. The van der Waals surface area contributed by atoms with Crippen LogP contribution in [0.1, 0.15) is 65.7 Å². The minimum absolute atomic E-state index is 0.314. The molecule has 0 aliphatic carbocycles. The van der Waals surface area contributed by atoms with Crippen LogP contribution in [0.15, 0.2) is 91.0 Å². The molecule has 3 aromatic carbocycles. The Morgan fingerprint density at radius 2 is 0.714 bits per heavy atom. The Hall–Kier alpha value is -3.93. The lowest BCUT2D eigenvalue weighted by molar-refractivity contribution is -0.213. The van der Waals surface area contributed by atoms with E-state index in [0.717, 1.165) is 0 Å². The molecule has 0 radical (unpaired) electrons. The lowest BCUT2D eigenvalue weighted by Crippen LogP contribution is -2.66. The topological polar surface area (TPSA) is 78.9 Å². The van der Waals surface area contributed by atoms with Crippen LogP contribution >= 0.6 is 0 Å². The summed E-state index contributed by atoms with van der Waals surface area (Å²) in [6, 6.07) is 25.5. The molecular weight excluding hydrogens is 444 g/mol. The quantitative estimate of drug-likeness (QED) is 0.300. The van der Waals surface area contributed by atoms with E-state index >= 15 is 0 Å². The third-order valence-corrected chi connectivity index (χ3v) is 6.32. The van der Waals surface area contributed by atoms with Gasteiger partial charge in [-0.15, -0.1) is 0 Å². The second-order valence-electron chi connectivity index (χ2n) is 9.32. The van der Waals surface area contributed by atoms with Gasteiger partial charge in [0, 0.05) is 0 Å². The van der Waals surface area contributed by atoms with E-state index in [1.165, 1.54) is 0 Å². The van der Waals surface area contributed by atoms with Crippen molar-refractivity contribution in [2.45, 2.75) is 51.4 Å². The monoisotopic (exact) mass is 474 g/mol. The van der Waals surface area contributed by atoms with Gasteiger partial charge in [0.2, 0.25) is 0 Å². The minimum atomic E-state index is -1.60. The molecule has 3 aromatic rings. The Bertz CT molecular complexity index is 1100. The highest BCUT2D eigenvalue weighted by atomic mass is 16.6. The van der Waals surface area contributed by atoms with Crippen molar-refractivity contribution in [2.24, 2.45) is 0 Å². The van der Waals surface area contributed by atoms with Gasteiger partial charge in [-0.1, -0.05) is 54.6 Å². The smallest absolute Gasteiger partial charge is 0.338 e. The molecule has 0 saturated carbocycles. The minimum Gasteiger partial charge on any atom is -0.452 e. The van der Waals surface area contributed by atoms with Crippen molar-refractivity contribution in [3.63, 3.8) is 0 Å². The molecular formula is C29H30O6. The van der Waals surface area contributed by atoms with E-state index in [4.69, 9.17) is 14.2 Å². The highest BCUT2D eigenvalue weighted by molar-refractivity contribution is 5.91. The van der Waals surface area contributed by atoms with Gasteiger partial charge in [-0.05, 0) is 71.0 Å². The molecule has 182 valence electrons. The van der Waals surface area contributed by atoms with Crippen LogP contribution in [0.3, 0.4) is 0 Å². The van der Waals surface area contributed by atoms with Crippen molar-refractivity contribution < 1.29 is 28.6 Å².